The highest BCUT2D eigenvalue weighted by Crippen LogP contribution is 2.38. The predicted molar refractivity (Wildman–Crippen MR) is 200 cm³/mol. The third kappa shape index (κ3) is 5.45. The van der Waals surface area contributed by atoms with Crippen molar-refractivity contribution in [2.45, 2.75) is 0 Å². The molecule has 0 spiro atoms. The summed E-state index contributed by atoms with van der Waals surface area (Å²) < 4.78 is 48.4. The van der Waals surface area contributed by atoms with Gasteiger partial charge in [-0.1, -0.05) is 158 Å². The molecule has 0 aliphatic rings. The summed E-state index contributed by atoms with van der Waals surface area (Å²) >= 11 is 0. The van der Waals surface area contributed by atoms with E-state index < -0.39 is 18.1 Å². The molecule has 0 aliphatic carbocycles. The molecule has 0 N–H and O–H groups in total. The van der Waals surface area contributed by atoms with Crippen molar-refractivity contribution < 1.29 is 11.3 Å². The van der Waals surface area contributed by atoms with Gasteiger partial charge >= 0.3 is 0 Å². The Labute approximate surface area is 291 Å². The van der Waals surface area contributed by atoms with Crippen LogP contribution >= 0.6 is 0 Å². The van der Waals surface area contributed by atoms with Gasteiger partial charge in [-0.2, -0.15) is 0 Å². The molecule has 4 nitrogen and oxygen atoms in total. The van der Waals surface area contributed by atoms with Crippen molar-refractivity contribution >= 4 is 21.9 Å². The number of nitrogens with zero attached hydrogens (tertiary/aromatic N) is 3. The SMILES string of the molecule is [2H]c1c([2H])c([2H])c(-c2nc(-c3ccccc3)nc(-c3cccc4c3oc3cc(-c5ccc(-c6ccc(-c7ccccc7)cc6)cc5)ccc34)n2)c([2H])c1[2H]. The van der Waals surface area contributed by atoms with E-state index in [2.05, 4.69) is 77.8 Å². The molecule has 230 valence electrons. The molecule has 0 atom stereocenters. The smallest absolute Gasteiger partial charge is 0.167 e. The maximum absolute atomic E-state index is 8.62. The Bertz CT molecular complexity index is 2830. The fourth-order valence-corrected chi connectivity index (χ4v) is 6.18. The Kier molecular flexibility index (Phi) is 5.87. The molecule has 2 heterocycles. The van der Waals surface area contributed by atoms with Crippen molar-refractivity contribution in [1.82, 2.24) is 15.0 Å². The second kappa shape index (κ2) is 12.2. The Morgan fingerprint density at radius 1 is 0.388 bits per heavy atom. The molecule has 0 amide bonds. The van der Waals surface area contributed by atoms with Gasteiger partial charge in [-0.05, 0) is 51.6 Å². The van der Waals surface area contributed by atoms with E-state index in [4.69, 9.17) is 21.2 Å². The van der Waals surface area contributed by atoms with Crippen LogP contribution in [-0.4, -0.2) is 15.0 Å². The first kappa shape index (κ1) is 23.6. The quantitative estimate of drug-likeness (QED) is 0.183. The summed E-state index contributed by atoms with van der Waals surface area (Å²) in [4.78, 5) is 14.2. The molecule has 4 heteroatoms. The summed E-state index contributed by atoms with van der Waals surface area (Å²) in [6.07, 6.45) is 0. The van der Waals surface area contributed by atoms with Crippen LogP contribution in [0.5, 0.6) is 0 Å². The number of hydrogen-bond donors (Lipinski definition) is 0. The first-order valence-corrected chi connectivity index (χ1v) is 15.9. The number of furan rings is 1. The van der Waals surface area contributed by atoms with Gasteiger partial charge < -0.3 is 4.42 Å². The highest BCUT2D eigenvalue weighted by Gasteiger charge is 2.18. The van der Waals surface area contributed by atoms with Gasteiger partial charge in [0.1, 0.15) is 11.2 Å². The minimum Gasteiger partial charge on any atom is -0.455 e. The van der Waals surface area contributed by atoms with Gasteiger partial charge in [0, 0.05) is 21.9 Å². The number of fused-ring (bicyclic) bond motifs is 3. The van der Waals surface area contributed by atoms with Crippen LogP contribution in [0.4, 0.5) is 0 Å². The van der Waals surface area contributed by atoms with E-state index in [1.807, 2.05) is 72.8 Å². The Morgan fingerprint density at radius 2 is 0.898 bits per heavy atom. The molecule has 0 saturated heterocycles. The highest BCUT2D eigenvalue weighted by molar-refractivity contribution is 6.10. The number of hydrogen-bond acceptors (Lipinski definition) is 4. The lowest BCUT2D eigenvalue weighted by Gasteiger charge is -2.08. The van der Waals surface area contributed by atoms with Crippen molar-refractivity contribution in [3.05, 3.63) is 176 Å². The van der Waals surface area contributed by atoms with Gasteiger partial charge in [-0.25, -0.2) is 15.0 Å². The standard InChI is InChI=1S/C45H29N3O/c1-4-11-30(12-5-1)31-19-21-32(22-20-31)33-23-25-34(26-24-33)37-27-28-38-39-17-10-18-40(42(39)49-41(38)29-37)45-47-43(35-13-6-2-7-14-35)46-44(48-45)36-15-8-3-9-16-36/h1-29H/i2D,6D,7D,13D,14D. The highest BCUT2D eigenvalue weighted by atomic mass is 16.3. The fourth-order valence-electron chi connectivity index (χ4n) is 6.18. The van der Waals surface area contributed by atoms with Gasteiger partial charge in [-0.15, -0.1) is 0 Å². The summed E-state index contributed by atoms with van der Waals surface area (Å²) in [6, 6.07) is 46.5. The van der Waals surface area contributed by atoms with Crippen molar-refractivity contribution in [3.8, 4) is 67.5 Å². The lowest BCUT2D eigenvalue weighted by atomic mass is 9.97. The molecule has 7 aromatic carbocycles. The number of aromatic nitrogens is 3. The van der Waals surface area contributed by atoms with E-state index >= 15 is 0 Å². The van der Waals surface area contributed by atoms with E-state index in [1.165, 1.54) is 11.1 Å². The number of benzene rings is 7. The second-order valence-corrected chi connectivity index (χ2v) is 11.7. The molecule has 9 rings (SSSR count). The first-order chi connectivity index (χ1) is 26.3. The van der Waals surface area contributed by atoms with Crippen LogP contribution in [0.15, 0.2) is 180 Å². The largest absolute Gasteiger partial charge is 0.455 e. The maximum atomic E-state index is 8.62. The van der Waals surface area contributed by atoms with Crippen molar-refractivity contribution in [3.63, 3.8) is 0 Å². The van der Waals surface area contributed by atoms with Crippen LogP contribution in [0.2, 0.25) is 0 Å². The Balaban J connectivity index is 1.11. The van der Waals surface area contributed by atoms with E-state index in [-0.39, 0.29) is 29.3 Å². The van der Waals surface area contributed by atoms with Crippen LogP contribution in [0, 0.1) is 0 Å². The summed E-state index contributed by atoms with van der Waals surface area (Å²) in [5.41, 5.74) is 9.13. The van der Waals surface area contributed by atoms with Gasteiger partial charge in [0.15, 0.2) is 17.5 Å². The van der Waals surface area contributed by atoms with Crippen molar-refractivity contribution in [1.29, 1.82) is 0 Å². The minimum atomic E-state index is -0.484. The van der Waals surface area contributed by atoms with Crippen LogP contribution < -0.4 is 0 Å². The third-order valence-electron chi connectivity index (χ3n) is 8.67. The fraction of sp³-hybridized carbons (Fsp3) is 0. The van der Waals surface area contributed by atoms with Crippen LogP contribution in [0.1, 0.15) is 6.85 Å². The molecule has 0 aliphatic heterocycles. The van der Waals surface area contributed by atoms with E-state index in [0.29, 0.717) is 28.1 Å². The van der Waals surface area contributed by atoms with Gasteiger partial charge in [-0.3, -0.25) is 0 Å². The topological polar surface area (TPSA) is 51.8 Å². The molecular weight excluding hydrogens is 599 g/mol. The lowest BCUT2D eigenvalue weighted by Crippen LogP contribution is -2.00. The zero-order valence-corrected chi connectivity index (χ0v) is 26.1. The minimum absolute atomic E-state index is 0.0261. The monoisotopic (exact) mass is 632 g/mol. The van der Waals surface area contributed by atoms with Crippen molar-refractivity contribution in [2.75, 3.05) is 0 Å². The molecule has 0 radical (unpaired) electrons. The molecule has 0 bridgehead atoms. The molecule has 0 saturated carbocycles. The second-order valence-electron chi connectivity index (χ2n) is 11.7. The van der Waals surface area contributed by atoms with Gasteiger partial charge in [0.05, 0.1) is 12.4 Å². The summed E-state index contributed by atoms with van der Waals surface area (Å²) in [5, 5.41) is 1.79. The number of para-hydroxylation sites is 1. The van der Waals surface area contributed by atoms with E-state index in [9.17, 15) is 0 Å². The lowest BCUT2D eigenvalue weighted by molar-refractivity contribution is 0.669. The molecular formula is C45H29N3O. The summed E-state index contributed by atoms with van der Waals surface area (Å²) in [6.45, 7) is 0. The summed E-state index contributed by atoms with van der Waals surface area (Å²) in [7, 11) is 0. The zero-order valence-electron chi connectivity index (χ0n) is 31.1. The molecule has 9 aromatic rings. The third-order valence-corrected chi connectivity index (χ3v) is 8.67. The molecule has 0 fully saturated rings. The molecule has 0 unspecified atom stereocenters. The Hall–Kier alpha value is -6.65. The molecule has 49 heavy (non-hydrogen) atoms. The normalized spacial score (nSPS) is 12.7. The summed E-state index contributed by atoms with van der Waals surface area (Å²) in [5.74, 6) is 0.526. The van der Waals surface area contributed by atoms with Crippen LogP contribution in [0.3, 0.4) is 0 Å². The van der Waals surface area contributed by atoms with Crippen LogP contribution in [0.25, 0.3) is 89.5 Å². The van der Waals surface area contributed by atoms with Gasteiger partial charge in [0.25, 0.3) is 0 Å². The number of rotatable bonds is 6. The van der Waals surface area contributed by atoms with Crippen LogP contribution in [-0.2, 0) is 0 Å². The average molecular weight is 633 g/mol. The molecule has 2 aromatic heterocycles. The zero-order chi connectivity index (χ0) is 36.9. The maximum Gasteiger partial charge on any atom is 0.167 e. The average Bonchev–Trinajstić information content (AvgIpc) is 3.61. The van der Waals surface area contributed by atoms with E-state index in [0.717, 1.165) is 33.0 Å². The first-order valence-electron chi connectivity index (χ1n) is 18.4. The van der Waals surface area contributed by atoms with Gasteiger partial charge in [0.2, 0.25) is 0 Å². The Morgan fingerprint density at radius 3 is 1.53 bits per heavy atom. The van der Waals surface area contributed by atoms with Crippen molar-refractivity contribution in [2.24, 2.45) is 0 Å². The predicted octanol–water partition coefficient (Wildman–Crippen LogP) is 11.8. The van der Waals surface area contributed by atoms with E-state index in [1.54, 1.807) is 0 Å².